The Hall–Kier alpha value is -10.0. The van der Waals surface area contributed by atoms with E-state index in [1.165, 1.54) is 148 Å². The molecular formula is C65H58O19. The molecule has 4 unspecified atom stereocenters. The van der Waals surface area contributed by atoms with Gasteiger partial charge in [0.1, 0.15) is 69.6 Å². The van der Waals surface area contributed by atoms with Crippen molar-refractivity contribution in [3.8, 4) is 17.2 Å². The molecule has 0 aliphatic heterocycles. The monoisotopic (exact) mass is 1140 g/mol. The first kappa shape index (κ1) is 61.6. The molecule has 0 N–H and O–H groups in total. The van der Waals surface area contributed by atoms with Crippen LogP contribution in [0.3, 0.4) is 0 Å². The van der Waals surface area contributed by atoms with Crippen molar-refractivity contribution in [3.63, 3.8) is 0 Å². The van der Waals surface area contributed by atoms with Crippen molar-refractivity contribution in [1.29, 1.82) is 0 Å². The van der Waals surface area contributed by atoms with E-state index in [1.807, 2.05) is 0 Å². The number of hydrogen-bond donors (Lipinski definition) is 0. The molecule has 0 bridgehead atoms. The van der Waals surface area contributed by atoms with Gasteiger partial charge in [0, 0.05) is 75.8 Å². The molecule has 1 saturated carbocycles. The zero-order chi connectivity index (χ0) is 60.8. The molecular weight excluding hydrogens is 1080 g/mol. The highest BCUT2D eigenvalue weighted by Gasteiger charge is 2.59. The first-order valence-corrected chi connectivity index (χ1v) is 26.5. The Bertz CT molecular complexity index is 2960. The Balaban J connectivity index is 1.58. The van der Waals surface area contributed by atoms with Crippen LogP contribution in [-0.4, -0.2) is 95.1 Å². The smallest absolute Gasteiger partial charge is 0.342 e. The number of hydrogen-bond acceptors (Lipinski definition) is 19. The molecule has 19 nitrogen and oxygen atoms in total. The van der Waals surface area contributed by atoms with Crippen LogP contribution in [0.5, 0.6) is 17.2 Å². The van der Waals surface area contributed by atoms with Crippen LogP contribution in [0.15, 0.2) is 146 Å². The van der Waals surface area contributed by atoms with Gasteiger partial charge in [-0.1, -0.05) is 103 Å². The first-order chi connectivity index (χ1) is 40.1. The van der Waals surface area contributed by atoms with Gasteiger partial charge in [-0.25, -0.2) is 19.2 Å². The summed E-state index contributed by atoms with van der Waals surface area (Å²) in [6.45, 7) is 7.14. The van der Waals surface area contributed by atoms with Gasteiger partial charge in [-0.05, 0) is 79.9 Å². The Morgan fingerprint density at radius 3 is 0.869 bits per heavy atom. The van der Waals surface area contributed by atoms with Crippen molar-refractivity contribution >= 4 is 70.7 Å². The van der Waals surface area contributed by atoms with Crippen LogP contribution in [0.4, 0.5) is 0 Å². The predicted molar refractivity (Wildman–Crippen MR) is 297 cm³/mol. The van der Waals surface area contributed by atoms with Crippen molar-refractivity contribution in [3.05, 3.63) is 196 Å². The summed E-state index contributed by atoms with van der Waals surface area (Å²) in [7, 11) is 0. The van der Waals surface area contributed by atoms with Crippen molar-refractivity contribution in [2.24, 2.45) is 11.8 Å². The van der Waals surface area contributed by atoms with Crippen LogP contribution in [0, 0.1) is 11.8 Å². The minimum absolute atomic E-state index is 0.0138. The number of benzene rings is 6. The first-order valence-electron chi connectivity index (χ1n) is 26.5. The molecule has 4 atom stereocenters. The van der Waals surface area contributed by atoms with E-state index in [1.54, 1.807) is 18.2 Å². The summed E-state index contributed by atoms with van der Waals surface area (Å²) in [4.78, 5) is 167. The molecule has 0 saturated heterocycles. The lowest BCUT2D eigenvalue weighted by atomic mass is 9.68. The van der Waals surface area contributed by atoms with E-state index in [-0.39, 0.29) is 87.2 Å². The average Bonchev–Trinajstić information content (AvgIpc) is 3.16. The van der Waals surface area contributed by atoms with E-state index in [9.17, 15) is 28.8 Å². The van der Waals surface area contributed by atoms with Gasteiger partial charge >= 0.3 is 41.8 Å². The fourth-order valence-corrected chi connectivity index (χ4v) is 10.1. The van der Waals surface area contributed by atoms with Gasteiger partial charge in [-0.2, -0.15) is 0 Å². The van der Waals surface area contributed by atoms with E-state index in [0.717, 1.165) is 20.8 Å². The number of esters is 7. The number of ketones is 5. The highest BCUT2D eigenvalue weighted by atomic mass is 16.6. The molecule has 0 aromatic heterocycles. The second-order valence-corrected chi connectivity index (χ2v) is 19.9. The zero-order valence-corrected chi connectivity index (χ0v) is 46.6. The summed E-state index contributed by atoms with van der Waals surface area (Å²) < 4.78 is 42.1. The molecule has 0 radical (unpaired) electrons. The van der Waals surface area contributed by atoms with Gasteiger partial charge in [-0.15, -0.1) is 0 Å². The van der Waals surface area contributed by atoms with Crippen LogP contribution in [0.1, 0.15) is 133 Å². The molecule has 19 heteroatoms. The fourth-order valence-electron chi connectivity index (χ4n) is 10.1. The number of carbonyl (C=O) groups is 12. The van der Waals surface area contributed by atoms with Gasteiger partial charge in [-0.3, -0.25) is 38.4 Å². The van der Waals surface area contributed by atoms with Crippen LogP contribution in [-0.2, 0) is 67.0 Å². The van der Waals surface area contributed by atoms with Crippen LogP contribution < -0.4 is 14.2 Å². The van der Waals surface area contributed by atoms with Gasteiger partial charge in [0.2, 0.25) is 0 Å². The van der Waals surface area contributed by atoms with Crippen molar-refractivity contribution in [2.45, 2.75) is 98.1 Å². The number of carbonyl (C=O) groups excluding carboxylic acids is 12. The lowest BCUT2D eigenvalue weighted by Crippen LogP contribution is -2.63. The van der Waals surface area contributed by atoms with E-state index in [4.69, 9.17) is 33.2 Å². The Morgan fingerprint density at radius 2 is 0.548 bits per heavy atom. The molecule has 0 amide bonds. The quantitative estimate of drug-likeness (QED) is 0.0251. The number of ether oxygens (including phenoxy) is 7. The molecule has 0 spiro atoms. The summed E-state index contributed by atoms with van der Waals surface area (Å²) in [5.74, 6) is -14.7. The normalized spacial score (nSPS) is 17.0. The summed E-state index contributed by atoms with van der Waals surface area (Å²) in [6.07, 6.45) is -10.8. The lowest BCUT2D eigenvalue weighted by molar-refractivity contribution is -0.183. The molecule has 84 heavy (non-hydrogen) atoms. The second kappa shape index (κ2) is 28.1. The fraction of sp³-hybridized carbons (Fsp3) is 0.262. The molecule has 0 heterocycles. The second-order valence-electron chi connectivity index (χ2n) is 19.9. The Labute approximate surface area is 482 Å². The molecule has 432 valence electrons. The predicted octanol–water partition coefficient (Wildman–Crippen LogP) is 8.85. The molecule has 6 aromatic carbocycles. The number of rotatable bonds is 23. The van der Waals surface area contributed by atoms with Crippen LogP contribution >= 0.6 is 0 Å². The van der Waals surface area contributed by atoms with Gasteiger partial charge < -0.3 is 33.2 Å². The maximum absolute atomic E-state index is 15.4. The Kier molecular flexibility index (Phi) is 20.6. The highest BCUT2D eigenvalue weighted by molar-refractivity contribution is 6.01. The average molecular weight is 1140 g/mol. The minimum Gasteiger partial charge on any atom is -0.458 e. The molecule has 7 rings (SSSR count). The summed E-state index contributed by atoms with van der Waals surface area (Å²) in [6, 6.07) is 34.1. The largest absolute Gasteiger partial charge is 0.458 e. The van der Waals surface area contributed by atoms with Crippen molar-refractivity contribution < 1.29 is 90.7 Å². The topological polar surface area (TPSA) is 269 Å². The minimum atomic E-state index is -2.20. The molecule has 1 aliphatic carbocycles. The van der Waals surface area contributed by atoms with Gasteiger partial charge in [0.05, 0.1) is 5.56 Å². The van der Waals surface area contributed by atoms with E-state index >= 15 is 28.8 Å². The van der Waals surface area contributed by atoms with Crippen LogP contribution in [0.2, 0.25) is 0 Å². The third-order valence-corrected chi connectivity index (χ3v) is 13.4. The van der Waals surface area contributed by atoms with E-state index in [2.05, 4.69) is 0 Å². The molecule has 1 aliphatic rings. The SMILES string of the molecule is CC(=O)Cc1ccccc1C(=O)CC1C(OC(=O)c2ccccc2CC(C)=O)C(CC(=O)c2ccccc2CC(C)=O)C(OC(=O)c2ccccc2OC(C)=O)C(OC(=O)c2ccccc2OC(C)=O)C1OC(=O)c1ccccc1OC(C)=O. The van der Waals surface area contributed by atoms with E-state index in [0.29, 0.717) is 0 Å². The third-order valence-electron chi connectivity index (χ3n) is 13.4. The summed E-state index contributed by atoms with van der Waals surface area (Å²) in [5, 5.41) is 0. The third kappa shape index (κ3) is 15.7. The van der Waals surface area contributed by atoms with Gasteiger partial charge in [0.25, 0.3) is 0 Å². The summed E-state index contributed by atoms with van der Waals surface area (Å²) in [5.41, 5.74) is -0.678. The number of para-hydroxylation sites is 3. The van der Waals surface area contributed by atoms with Crippen molar-refractivity contribution in [2.75, 3.05) is 0 Å². The van der Waals surface area contributed by atoms with Crippen molar-refractivity contribution in [1.82, 2.24) is 0 Å². The summed E-state index contributed by atoms with van der Waals surface area (Å²) >= 11 is 0. The highest BCUT2D eigenvalue weighted by Crippen LogP contribution is 2.45. The zero-order valence-electron chi connectivity index (χ0n) is 46.6. The Morgan fingerprint density at radius 1 is 0.298 bits per heavy atom. The maximum atomic E-state index is 15.4. The molecule has 6 aromatic rings. The van der Waals surface area contributed by atoms with Crippen LogP contribution in [0.25, 0.3) is 0 Å². The molecule has 1 fully saturated rings. The van der Waals surface area contributed by atoms with E-state index < -0.39 is 119 Å². The van der Waals surface area contributed by atoms with Gasteiger partial charge in [0.15, 0.2) is 17.7 Å². The standard InChI is InChI=1S/C65H58O19/c1-36(66)31-42-19-7-10-22-45(42)53(72)34-51-58(81-62(74)47-24-12-9-21-44(47)33-38(3)68)52(35-54(73)46-23-11-8-20-43(46)32-37(2)67)60(83-64(76)49-26-14-17-29-56(49)79-40(5)70)61(84-65(77)50-27-15-18-30-57(50)80-41(6)71)59(51)82-63(75)48-25-13-16-28-55(48)78-39(4)69/h7-30,51-52,58-61H,31-35H2,1-6H3. The maximum Gasteiger partial charge on any atom is 0.342 e. The lowest BCUT2D eigenvalue weighted by Gasteiger charge is -2.49. The number of Topliss-reactive ketones (excluding diaryl/α,β-unsaturated/α-hetero) is 5.